The quantitative estimate of drug-likeness (QED) is 0.710. The highest BCUT2D eigenvalue weighted by molar-refractivity contribution is 6.01. The molecule has 92 valence electrons. The third-order valence-electron chi connectivity index (χ3n) is 3.04. The van der Waals surface area contributed by atoms with Crippen molar-refractivity contribution in [2.24, 2.45) is 0 Å². The molecule has 3 nitrogen and oxygen atoms in total. The first-order chi connectivity index (χ1) is 8.33. The van der Waals surface area contributed by atoms with E-state index in [1.807, 2.05) is 18.2 Å². The van der Waals surface area contributed by atoms with Crippen LogP contribution < -0.4 is 4.74 Å². The van der Waals surface area contributed by atoms with Crippen molar-refractivity contribution in [3.05, 3.63) is 29.3 Å². The lowest BCUT2D eigenvalue weighted by atomic mass is 10.1. The Morgan fingerprint density at radius 1 is 1.18 bits per heavy atom. The molecule has 0 atom stereocenters. The molecule has 0 fully saturated rings. The van der Waals surface area contributed by atoms with Gasteiger partial charge in [-0.15, -0.1) is 0 Å². The van der Waals surface area contributed by atoms with Crippen molar-refractivity contribution in [2.45, 2.75) is 25.7 Å². The predicted octanol–water partition coefficient (Wildman–Crippen LogP) is 2.62. The van der Waals surface area contributed by atoms with Crippen LogP contribution in [-0.2, 0) is 11.2 Å². The number of benzene rings is 1. The van der Waals surface area contributed by atoms with E-state index in [4.69, 9.17) is 9.47 Å². The van der Waals surface area contributed by atoms with E-state index in [0.29, 0.717) is 13.0 Å². The third kappa shape index (κ3) is 2.86. The van der Waals surface area contributed by atoms with Gasteiger partial charge in [-0.3, -0.25) is 4.79 Å². The molecule has 0 saturated heterocycles. The summed E-state index contributed by atoms with van der Waals surface area (Å²) in [7, 11) is 1.70. The van der Waals surface area contributed by atoms with Gasteiger partial charge in [0.15, 0.2) is 5.78 Å². The summed E-state index contributed by atoms with van der Waals surface area (Å²) in [6.45, 7) is 1.46. The normalized spacial score (nSPS) is 13.8. The molecule has 1 aliphatic carbocycles. The number of hydrogen-bond acceptors (Lipinski definition) is 3. The second kappa shape index (κ2) is 5.82. The molecule has 0 N–H and O–H groups in total. The highest BCUT2D eigenvalue weighted by atomic mass is 16.5. The van der Waals surface area contributed by atoms with Crippen molar-refractivity contribution < 1.29 is 14.3 Å². The lowest BCUT2D eigenvalue weighted by Gasteiger charge is -2.09. The molecule has 0 aromatic heterocycles. The fourth-order valence-corrected chi connectivity index (χ4v) is 2.12. The van der Waals surface area contributed by atoms with E-state index in [1.54, 1.807) is 7.11 Å². The minimum atomic E-state index is 0.241. The molecule has 0 amide bonds. The molecule has 0 bridgehead atoms. The Labute approximate surface area is 102 Å². The van der Waals surface area contributed by atoms with Crippen molar-refractivity contribution in [3.8, 4) is 5.75 Å². The van der Waals surface area contributed by atoms with Crippen molar-refractivity contribution in [1.82, 2.24) is 0 Å². The van der Waals surface area contributed by atoms with Crippen LogP contribution in [0.1, 0.15) is 35.2 Å². The maximum absolute atomic E-state index is 11.6. The molecule has 0 saturated carbocycles. The monoisotopic (exact) mass is 234 g/mol. The number of carbonyl (C=O) groups is 1. The van der Waals surface area contributed by atoms with Crippen LogP contribution in [0.15, 0.2) is 18.2 Å². The second-order valence-corrected chi connectivity index (χ2v) is 4.25. The summed E-state index contributed by atoms with van der Waals surface area (Å²) in [5.74, 6) is 1.12. The number of Topliss-reactive ketones (excluding diaryl/α,β-unsaturated/α-hetero) is 1. The van der Waals surface area contributed by atoms with E-state index < -0.39 is 0 Å². The molecule has 1 aliphatic rings. The highest BCUT2D eigenvalue weighted by Gasteiger charge is 2.22. The largest absolute Gasteiger partial charge is 0.493 e. The molecule has 3 heteroatoms. The first kappa shape index (κ1) is 12.1. The van der Waals surface area contributed by atoms with Crippen molar-refractivity contribution in [3.63, 3.8) is 0 Å². The molecule has 1 aromatic carbocycles. The summed E-state index contributed by atoms with van der Waals surface area (Å²) in [4.78, 5) is 11.6. The van der Waals surface area contributed by atoms with Crippen LogP contribution in [0.5, 0.6) is 5.75 Å². The number of fused-ring (bicyclic) bond motifs is 1. The van der Waals surface area contributed by atoms with Crippen molar-refractivity contribution in [1.29, 1.82) is 0 Å². The summed E-state index contributed by atoms with van der Waals surface area (Å²) in [6.07, 6.45) is 3.43. The van der Waals surface area contributed by atoms with Crippen molar-refractivity contribution in [2.75, 3.05) is 20.3 Å². The van der Waals surface area contributed by atoms with Gasteiger partial charge in [0, 0.05) is 31.3 Å². The maximum atomic E-state index is 11.6. The first-order valence-corrected chi connectivity index (χ1v) is 6.09. The highest BCUT2D eigenvalue weighted by Crippen LogP contribution is 2.30. The van der Waals surface area contributed by atoms with E-state index in [9.17, 15) is 4.79 Å². The molecule has 1 aromatic rings. The SMILES string of the molecule is COCCCCOc1cccc2c1CCC2=O. The molecule has 17 heavy (non-hydrogen) atoms. The van der Waals surface area contributed by atoms with Gasteiger partial charge in [0.25, 0.3) is 0 Å². The molecule has 0 aliphatic heterocycles. The van der Waals surface area contributed by atoms with Crippen molar-refractivity contribution >= 4 is 5.78 Å². The van der Waals surface area contributed by atoms with Gasteiger partial charge in [0.05, 0.1) is 6.61 Å². The zero-order valence-electron chi connectivity index (χ0n) is 10.2. The molecule has 0 unspecified atom stereocenters. The number of rotatable bonds is 6. The lowest BCUT2D eigenvalue weighted by Crippen LogP contribution is -2.02. The Balaban J connectivity index is 1.91. The van der Waals surface area contributed by atoms with Gasteiger partial charge in [-0.05, 0) is 25.3 Å². The van der Waals surface area contributed by atoms with Gasteiger partial charge in [-0.1, -0.05) is 12.1 Å². The Kier molecular flexibility index (Phi) is 4.15. The summed E-state index contributed by atoms with van der Waals surface area (Å²) < 4.78 is 10.7. The van der Waals surface area contributed by atoms with Gasteiger partial charge in [0.2, 0.25) is 0 Å². The predicted molar refractivity (Wildman–Crippen MR) is 65.7 cm³/mol. The van der Waals surface area contributed by atoms with Gasteiger partial charge in [0.1, 0.15) is 5.75 Å². The van der Waals surface area contributed by atoms with Gasteiger partial charge < -0.3 is 9.47 Å². The van der Waals surface area contributed by atoms with Crippen LogP contribution >= 0.6 is 0 Å². The topological polar surface area (TPSA) is 35.5 Å². The van der Waals surface area contributed by atoms with E-state index in [0.717, 1.165) is 42.7 Å². The third-order valence-corrected chi connectivity index (χ3v) is 3.04. The van der Waals surface area contributed by atoms with Gasteiger partial charge in [-0.2, -0.15) is 0 Å². The molecule has 0 spiro atoms. The zero-order valence-corrected chi connectivity index (χ0v) is 10.2. The summed E-state index contributed by atoms with van der Waals surface area (Å²) in [6, 6.07) is 5.74. The number of methoxy groups -OCH3 is 1. The average Bonchev–Trinajstić information content (AvgIpc) is 2.72. The number of hydrogen-bond donors (Lipinski definition) is 0. The fraction of sp³-hybridized carbons (Fsp3) is 0.500. The minimum absolute atomic E-state index is 0.241. The summed E-state index contributed by atoms with van der Waals surface area (Å²) >= 11 is 0. The molecule has 0 heterocycles. The standard InChI is InChI=1S/C14H18O3/c1-16-9-2-3-10-17-14-6-4-5-11-12(14)7-8-13(11)15/h4-6H,2-3,7-10H2,1H3. The number of ether oxygens (including phenoxy) is 2. The fourth-order valence-electron chi connectivity index (χ4n) is 2.12. The van der Waals surface area contributed by atoms with Crippen LogP contribution in [0.2, 0.25) is 0 Å². The molecule has 2 rings (SSSR count). The van der Waals surface area contributed by atoms with E-state index in [2.05, 4.69) is 0 Å². The summed E-state index contributed by atoms with van der Waals surface area (Å²) in [5, 5.41) is 0. The number of carbonyl (C=O) groups excluding carboxylic acids is 1. The average molecular weight is 234 g/mol. The Morgan fingerprint density at radius 3 is 2.82 bits per heavy atom. The Hall–Kier alpha value is -1.35. The second-order valence-electron chi connectivity index (χ2n) is 4.25. The first-order valence-electron chi connectivity index (χ1n) is 6.09. The zero-order chi connectivity index (χ0) is 12.1. The van der Waals surface area contributed by atoms with E-state index in [1.165, 1.54) is 0 Å². The molecular weight excluding hydrogens is 216 g/mol. The lowest BCUT2D eigenvalue weighted by molar-refractivity contribution is 0.0994. The van der Waals surface area contributed by atoms with E-state index >= 15 is 0 Å². The van der Waals surface area contributed by atoms with Crippen LogP contribution in [0.4, 0.5) is 0 Å². The Bertz CT molecular complexity index is 398. The molecule has 0 radical (unpaired) electrons. The maximum Gasteiger partial charge on any atom is 0.163 e. The smallest absolute Gasteiger partial charge is 0.163 e. The Morgan fingerprint density at radius 2 is 2.00 bits per heavy atom. The number of ketones is 1. The van der Waals surface area contributed by atoms with Crippen LogP contribution in [0.25, 0.3) is 0 Å². The van der Waals surface area contributed by atoms with E-state index in [-0.39, 0.29) is 5.78 Å². The van der Waals surface area contributed by atoms with Gasteiger partial charge >= 0.3 is 0 Å². The van der Waals surface area contributed by atoms with Crippen LogP contribution in [-0.4, -0.2) is 26.1 Å². The van der Waals surface area contributed by atoms with Gasteiger partial charge in [-0.25, -0.2) is 0 Å². The van der Waals surface area contributed by atoms with Crippen LogP contribution in [0, 0.1) is 0 Å². The van der Waals surface area contributed by atoms with Crippen LogP contribution in [0.3, 0.4) is 0 Å². The molecular formula is C14H18O3. The number of unbranched alkanes of at least 4 members (excludes halogenated alkanes) is 1. The summed E-state index contributed by atoms with van der Waals surface area (Å²) in [5.41, 5.74) is 1.93. The minimum Gasteiger partial charge on any atom is -0.493 e.